The number of halogens is 2. The number of aliphatic hydroxyl groups excluding tert-OH is 1. The minimum absolute atomic E-state index is 0.0662. The van der Waals surface area contributed by atoms with Crippen LogP contribution in [0.2, 0.25) is 10.0 Å². The van der Waals surface area contributed by atoms with E-state index in [2.05, 4.69) is 4.98 Å². The number of nitrogens with zero attached hydrogens (tertiary/aromatic N) is 2. The smallest absolute Gasteiger partial charge is 0.0953 e. The van der Waals surface area contributed by atoms with Gasteiger partial charge in [-0.3, -0.25) is 0 Å². The molecular weight excluding hydrogens is 247 g/mol. The molecule has 1 N–H and O–H groups in total. The van der Waals surface area contributed by atoms with Crippen molar-refractivity contribution >= 4 is 23.2 Å². The Bertz CT molecular complexity index is 476. The first-order valence-electron chi connectivity index (χ1n) is 4.75. The Morgan fingerprint density at radius 1 is 1.25 bits per heavy atom. The van der Waals surface area contributed by atoms with E-state index in [9.17, 15) is 0 Å². The van der Waals surface area contributed by atoms with Gasteiger partial charge in [-0.2, -0.15) is 0 Å². The first-order valence-corrected chi connectivity index (χ1v) is 5.50. The minimum atomic E-state index is -0.0662. The summed E-state index contributed by atoms with van der Waals surface area (Å²) < 4.78 is 1.83. The van der Waals surface area contributed by atoms with E-state index in [0.717, 1.165) is 5.56 Å². The lowest BCUT2D eigenvalue weighted by Gasteiger charge is -2.07. The highest BCUT2D eigenvalue weighted by molar-refractivity contribution is 6.35. The molecule has 3 nitrogen and oxygen atoms in total. The Balaban J connectivity index is 2.26. The average Bonchev–Trinajstić information content (AvgIpc) is 2.71. The maximum Gasteiger partial charge on any atom is 0.0953 e. The van der Waals surface area contributed by atoms with Crippen LogP contribution in [-0.4, -0.2) is 14.7 Å². The monoisotopic (exact) mass is 256 g/mol. The lowest BCUT2D eigenvalue weighted by Crippen LogP contribution is -1.98. The van der Waals surface area contributed by atoms with Crippen molar-refractivity contribution in [3.8, 4) is 0 Å². The van der Waals surface area contributed by atoms with Crippen LogP contribution < -0.4 is 0 Å². The van der Waals surface area contributed by atoms with Gasteiger partial charge in [-0.15, -0.1) is 0 Å². The van der Waals surface area contributed by atoms with Crippen molar-refractivity contribution in [3.63, 3.8) is 0 Å². The zero-order valence-corrected chi connectivity index (χ0v) is 9.91. The van der Waals surface area contributed by atoms with Gasteiger partial charge < -0.3 is 9.67 Å². The van der Waals surface area contributed by atoms with E-state index in [1.165, 1.54) is 0 Å². The fourth-order valence-electron chi connectivity index (χ4n) is 1.44. The number of hydrogen-bond donors (Lipinski definition) is 1. The van der Waals surface area contributed by atoms with Crippen molar-refractivity contribution in [2.45, 2.75) is 13.2 Å². The molecule has 1 heterocycles. The van der Waals surface area contributed by atoms with E-state index in [1.54, 1.807) is 30.7 Å². The van der Waals surface area contributed by atoms with Crippen LogP contribution in [0, 0.1) is 0 Å². The third kappa shape index (κ3) is 2.38. The van der Waals surface area contributed by atoms with Gasteiger partial charge in [0.25, 0.3) is 0 Å². The summed E-state index contributed by atoms with van der Waals surface area (Å²) in [6.07, 6.45) is 3.41. The number of hydrogen-bond acceptors (Lipinski definition) is 2. The second-order valence-corrected chi connectivity index (χ2v) is 4.21. The quantitative estimate of drug-likeness (QED) is 0.918. The van der Waals surface area contributed by atoms with Gasteiger partial charge in [0.05, 0.1) is 25.2 Å². The van der Waals surface area contributed by atoms with Crippen molar-refractivity contribution < 1.29 is 5.11 Å². The van der Waals surface area contributed by atoms with Crippen molar-refractivity contribution in [1.29, 1.82) is 0 Å². The van der Waals surface area contributed by atoms with Crippen LogP contribution in [0.1, 0.15) is 11.3 Å². The van der Waals surface area contributed by atoms with Crippen LogP contribution in [0.3, 0.4) is 0 Å². The molecule has 2 aromatic rings. The Morgan fingerprint density at radius 3 is 2.50 bits per heavy atom. The molecular formula is C11H10Cl2N2O. The summed E-state index contributed by atoms with van der Waals surface area (Å²) in [6, 6.07) is 5.40. The Morgan fingerprint density at radius 2 is 1.94 bits per heavy atom. The van der Waals surface area contributed by atoms with Gasteiger partial charge in [-0.05, 0) is 12.1 Å². The molecule has 1 aromatic carbocycles. The summed E-state index contributed by atoms with van der Waals surface area (Å²) in [5.41, 5.74) is 1.48. The molecule has 0 aliphatic rings. The van der Waals surface area contributed by atoms with Gasteiger partial charge in [-0.1, -0.05) is 29.3 Å². The van der Waals surface area contributed by atoms with E-state index in [0.29, 0.717) is 22.3 Å². The van der Waals surface area contributed by atoms with Gasteiger partial charge in [0, 0.05) is 21.8 Å². The number of imidazole rings is 1. The Labute approximate surface area is 103 Å². The molecule has 0 fully saturated rings. The van der Waals surface area contributed by atoms with Gasteiger partial charge in [-0.25, -0.2) is 4.98 Å². The van der Waals surface area contributed by atoms with Gasteiger partial charge >= 0.3 is 0 Å². The van der Waals surface area contributed by atoms with Crippen molar-refractivity contribution in [2.24, 2.45) is 0 Å². The highest BCUT2D eigenvalue weighted by atomic mass is 35.5. The zero-order chi connectivity index (χ0) is 11.5. The van der Waals surface area contributed by atoms with Crippen LogP contribution >= 0.6 is 23.2 Å². The van der Waals surface area contributed by atoms with Crippen LogP contribution in [0.5, 0.6) is 0 Å². The maximum absolute atomic E-state index is 8.90. The van der Waals surface area contributed by atoms with Crippen molar-refractivity contribution in [2.75, 3.05) is 0 Å². The first kappa shape index (κ1) is 11.5. The third-order valence-electron chi connectivity index (χ3n) is 2.25. The van der Waals surface area contributed by atoms with Crippen molar-refractivity contribution in [1.82, 2.24) is 9.55 Å². The molecule has 0 bridgehead atoms. The normalized spacial score (nSPS) is 10.7. The van der Waals surface area contributed by atoms with Gasteiger partial charge in [0.1, 0.15) is 0 Å². The molecule has 0 amide bonds. The lowest BCUT2D eigenvalue weighted by atomic mass is 10.2. The second kappa shape index (κ2) is 4.87. The maximum atomic E-state index is 8.90. The second-order valence-electron chi connectivity index (χ2n) is 3.40. The van der Waals surface area contributed by atoms with Crippen LogP contribution in [0.4, 0.5) is 0 Å². The number of aliphatic hydroxyl groups is 1. The molecule has 1 aromatic heterocycles. The van der Waals surface area contributed by atoms with E-state index in [4.69, 9.17) is 28.3 Å². The standard InChI is InChI=1S/C11H10Cl2N2O/c12-10-2-1-3-11(13)9(10)5-15-4-8(6-16)14-7-15/h1-4,7,16H,5-6H2. The number of aromatic nitrogens is 2. The SMILES string of the molecule is OCc1cn(Cc2c(Cl)cccc2Cl)cn1. The third-order valence-corrected chi connectivity index (χ3v) is 2.96. The predicted octanol–water partition coefficient (Wildman–Crippen LogP) is 2.73. The largest absolute Gasteiger partial charge is 0.390 e. The number of rotatable bonds is 3. The summed E-state index contributed by atoms with van der Waals surface area (Å²) in [4.78, 5) is 4.02. The van der Waals surface area contributed by atoms with Crippen molar-refractivity contribution in [3.05, 3.63) is 52.0 Å². The highest BCUT2D eigenvalue weighted by Gasteiger charge is 2.06. The Kier molecular flexibility index (Phi) is 3.49. The molecule has 0 spiro atoms. The van der Waals surface area contributed by atoms with E-state index >= 15 is 0 Å². The highest BCUT2D eigenvalue weighted by Crippen LogP contribution is 2.25. The topological polar surface area (TPSA) is 38.0 Å². The molecule has 0 saturated carbocycles. The molecule has 5 heteroatoms. The Hall–Kier alpha value is -1.03. The summed E-state index contributed by atoms with van der Waals surface area (Å²) in [6.45, 7) is 0.481. The molecule has 84 valence electrons. The van der Waals surface area contributed by atoms with E-state index < -0.39 is 0 Å². The first-order chi connectivity index (χ1) is 7.70. The van der Waals surface area contributed by atoms with E-state index in [-0.39, 0.29) is 6.61 Å². The molecule has 0 unspecified atom stereocenters. The minimum Gasteiger partial charge on any atom is -0.390 e. The summed E-state index contributed by atoms with van der Waals surface area (Å²) in [5.74, 6) is 0. The predicted molar refractivity (Wildman–Crippen MR) is 63.7 cm³/mol. The van der Waals surface area contributed by atoms with Crippen LogP contribution in [-0.2, 0) is 13.2 Å². The molecule has 0 aliphatic carbocycles. The number of benzene rings is 1. The summed E-state index contributed by atoms with van der Waals surface area (Å²) in [5, 5.41) is 10.2. The van der Waals surface area contributed by atoms with Crippen LogP contribution in [0.25, 0.3) is 0 Å². The molecule has 0 aliphatic heterocycles. The average molecular weight is 257 g/mol. The lowest BCUT2D eigenvalue weighted by molar-refractivity contribution is 0.277. The fraction of sp³-hybridized carbons (Fsp3) is 0.182. The molecule has 16 heavy (non-hydrogen) atoms. The molecule has 0 atom stereocenters. The summed E-state index contributed by atoms with van der Waals surface area (Å²) in [7, 11) is 0. The van der Waals surface area contributed by atoms with Gasteiger partial charge in [0.15, 0.2) is 0 Å². The summed E-state index contributed by atoms with van der Waals surface area (Å²) >= 11 is 12.1. The molecule has 0 saturated heterocycles. The fourth-order valence-corrected chi connectivity index (χ4v) is 1.96. The van der Waals surface area contributed by atoms with E-state index in [1.807, 2.05) is 4.57 Å². The molecule has 2 rings (SSSR count). The van der Waals surface area contributed by atoms with Gasteiger partial charge in [0.2, 0.25) is 0 Å². The molecule has 0 radical (unpaired) electrons. The zero-order valence-electron chi connectivity index (χ0n) is 8.40. The van der Waals surface area contributed by atoms with Crippen LogP contribution in [0.15, 0.2) is 30.7 Å².